The van der Waals surface area contributed by atoms with Gasteiger partial charge in [-0.15, -0.1) is 0 Å². The molecule has 2 aromatic heterocycles. The summed E-state index contributed by atoms with van der Waals surface area (Å²) in [6, 6.07) is 3.54. The molecule has 1 N–H and O–H groups in total. The lowest BCUT2D eigenvalue weighted by Crippen LogP contribution is -2.40. The molecule has 6 nitrogen and oxygen atoms in total. The highest BCUT2D eigenvalue weighted by Crippen LogP contribution is 2.19. The maximum atomic E-state index is 13.0. The minimum absolute atomic E-state index is 0.0811. The van der Waals surface area contributed by atoms with Gasteiger partial charge in [0, 0.05) is 36.7 Å². The van der Waals surface area contributed by atoms with Crippen LogP contribution in [-0.4, -0.2) is 44.9 Å². The standard InChI is InChI=1S/C17H20ClN5O/c18-14-3-4-16(22-10-14)17(24)23(11-13-8-20-12-21-9-13)15-2-1-6-19-7-5-15/h3-4,8-10,12,15,19H,1-2,5-7,11H2/t15-/m0/s1. The second kappa shape index (κ2) is 8.17. The summed E-state index contributed by atoms with van der Waals surface area (Å²) >= 11 is 5.88. The number of rotatable bonds is 4. The maximum absolute atomic E-state index is 13.0. The minimum Gasteiger partial charge on any atom is -0.330 e. The Hall–Kier alpha value is -2.05. The Labute approximate surface area is 146 Å². The van der Waals surface area contributed by atoms with Crippen molar-refractivity contribution in [1.82, 2.24) is 25.2 Å². The minimum atomic E-state index is -0.0811. The molecule has 3 rings (SSSR count). The van der Waals surface area contributed by atoms with Gasteiger partial charge in [-0.3, -0.25) is 4.79 Å². The van der Waals surface area contributed by atoms with Crippen molar-refractivity contribution in [3.63, 3.8) is 0 Å². The van der Waals surface area contributed by atoms with E-state index < -0.39 is 0 Å². The Morgan fingerprint density at radius 1 is 1.21 bits per heavy atom. The second-order valence-corrected chi connectivity index (χ2v) is 6.31. The number of amides is 1. The molecular formula is C17H20ClN5O. The largest absolute Gasteiger partial charge is 0.330 e. The number of nitrogens with zero attached hydrogens (tertiary/aromatic N) is 4. The van der Waals surface area contributed by atoms with E-state index in [1.807, 2.05) is 4.90 Å². The van der Waals surface area contributed by atoms with Crippen molar-refractivity contribution >= 4 is 17.5 Å². The fourth-order valence-corrected chi connectivity index (χ4v) is 3.05. The van der Waals surface area contributed by atoms with Crippen LogP contribution in [-0.2, 0) is 6.54 Å². The van der Waals surface area contributed by atoms with Gasteiger partial charge in [0.05, 0.1) is 5.02 Å². The third kappa shape index (κ3) is 4.27. The zero-order chi connectivity index (χ0) is 16.8. The van der Waals surface area contributed by atoms with Crippen LogP contribution < -0.4 is 5.32 Å². The highest BCUT2D eigenvalue weighted by molar-refractivity contribution is 6.30. The van der Waals surface area contributed by atoms with Gasteiger partial charge in [-0.05, 0) is 44.5 Å². The van der Waals surface area contributed by atoms with E-state index in [0.29, 0.717) is 17.3 Å². The summed E-state index contributed by atoms with van der Waals surface area (Å²) in [7, 11) is 0. The molecule has 1 fully saturated rings. The molecule has 7 heteroatoms. The van der Waals surface area contributed by atoms with Crippen LogP contribution in [0.2, 0.25) is 5.02 Å². The summed E-state index contributed by atoms with van der Waals surface area (Å²) in [4.78, 5) is 27.2. The van der Waals surface area contributed by atoms with Gasteiger partial charge in [-0.2, -0.15) is 0 Å². The van der Waals surface area contributed by atoms with Crippen molar-refractivity contribution < 1.29 is 4.79 Å². The van der Waals surface area contributed by atoms with E-state index in [0.717, 1.165) is 37.9 Å². The third-order valence-corrected chi connectivity index (χ3v) is 4.38. The van der Waals surface area contributed by atoms with Crippen molar-refractivity contribution in [1.29, 1.82) is 0 Å². The number of aromatic nitrogens is 3. The van der Waals surface area contributed by atoms with Crippen LogP contribution >= 0.6 is 11.6 Å². The smallest absolute Gasteiger partial charge is 0.272 e. The Morgan fingerprint density at radius 3 is 2.79 bits per heavy atom. The molecule has 24 heavy (non-hydrogen) atoms. The highest BCUT2D eigenvalue weighted by Gasteiger charge is 2.26. The monoisotopic (exact) mass is 345 g/mol. The first-order valence-electron chi connectivity index (χ1n) is 8.11. The maximum Gasteiger partial charge on any atom is 0.272 e. The molecule has 2 aromatic rings. The van der Waals surface area contributed by atoms with Gasteiger partial charge in [0.15, 0.2) is 0 Å². The predicted molar refractivity (Wildman–Crippen MR) is 91.7 cm³/mol. The van der Waals surface area contributed by atoms with E-state index in [9.17, 15) is 4.79 Å². The molecule has 0 saturated carbocycles. The van der Waals surface area contributed by atoms with Crippen LogP contribution in [0, 0.1) is 0 Å². The zero-order valence-corrected chi connectivity index (χ0v) is 14.1. The molecule has 0 spiro atoms. The molecule has 3 heterocycles. The number of carbonyl (C=O) groups is 1. The number of nitrogens with one attached hydrogen (secondary N) is 1. The quantitative estimate of drug-likeness (QED) is 0.920. The van der Waals surface area contributed by atoms with Crippen molar-refractivity contribution in [2.75, 3.05) is 13.1 Å². The van der Waals surface area contributed by atoms with Crippen LogP contribution in [0.15, 0.2) is 37.1 Å². The van der Waals surface area contributed by atoms with E-state index >= 15 is 0 Å². The summed E-state index contributed by atoms with van der Waals surface area (Å²) in [5.41, 5.74) is 1.32. The van der Waals surface area contributed by atoms with Crippen LogP contribution in [0.5, 0.6) is 0 Å². The molecule has 1 aliphatic heterocycles. The Morgan fingerprint density at radius 2 is 2.04 bits per heavy atom. The van der Waals surface area contributed by atoms with Crippen molar-refractivity contribution in [2.24, 2.45) is 0 Å². The number of hydrogen-bond donors (Lipinski definition) is 1. The lowest BCUT2D eigenvalue weighted by Gasteiger charge is -2.31. The predicted octanol–water partition coefficient (Wildman–Crippen LogP) is 2.31. The van der Waals surface area contributed by atoms with Crippen molar-refractivity contribution in [3.05, 3.63) is 53.3 Å². The normalized spacial score (nSPS) is 18.0. The van der Waals surface area contributed by atoms with Gasteiger partial charge in [0.1, 0.15) is 12.0 Å². The first kappa shape index (κ1) is 16.8. The van der Waals surface area contributed by atoms with Gasteiger partial charge in [0.2, 0.25) is 0 Å². The van der Waals surface area contributed by atoms with Gasteiger partial charge in [-0.25, -0.2) is 15.0 Å². The van der Waals surface area contributed by atoms with Crippen molar-refractivity contribution in [3.8, 4) is 0 Å². The number of pyridine rings is 1. The molecule has 1 atom stereocenters. The van der Waals surface area contributed by atoms with Crippen LogP contribution in [0.4, 0.5) is 0 Å². The summed E-state index contributed by atoms with van der Waals surface area (Å²) in [6.07, 6.45) is 9.44. The Balaban J connectivity index is 1.85. The highest BCUT2D eigenvalue weighted by atomic mass is 35.5. The Bertz CT molecular complexity index is 656. The zero-order valence-electron chi connectivity index (χ0n) is 13.4. The lowest BCUT2D eigenvalue weighted by atomic mass is 10.1. The average Bonchev–Trinajstić information content (AvgIpc) is 2.90. The van der Waals surface area contributed by atoms with E-state index in [4.69, 9.17) is 11.6 Å². The van der Waals surface area contributed by atoms with E-state index in [2.05, 4.69) is 20.3 Å². The van der Waals surface area contributed by atoms with Crippen LogP contribution in [0.3, 0.4) is 0 Å². The third-order valence-electron chi connectivity index (χ3n) is 4.16. The van der Waals surface area contributed by atoms with Gasteiger partial charge >= 0.3 is 0 Å². The summed E-state index contributed by atoms with van der Waals surface area (Å²) < 4.78 is 0. The number of carbonyl (C=O) groups excluding carboxylic acids is 1. The summed E-state index contributed by atoms with van der Waals surface area (Å²) in [5, 5.41) is 3.91. The van der Waals surface area contributed by atoms with Gasteiger partial charge in [0.25, 0.3) is 5.91 Å². The molecule has 126 valence electrons. The van der Waals surface area contributed by atoms with E-state index in [-0.39, 0.29) is 11.9 Å². The topological polar surface area (TPSA) is 71.0 Å². The molecule has 0 aliphatic carbocycles. The average molecular weight is 346 g/mol. The summed E-state index contributed by atoms with van der Waals surface area (Å²) in [5.74, 6) is -0.0811. The fourth-order valence-electron chi connectivity index (χ4n) is 2.94. The first-order chi connectivity index (χ1) is 11.7. The van der Waals surface area contributed by atoms with E-state index in [1.165, 1.54) is 12.5 Å². The second-order valence-electron chi connectivity index (χ2n) is 5.88. The molecule has 0 bridgehead atoms. The molecular weight excluding hydrogens is 326 g/mol. The lowest BCUT2D eigenvalue weighted by molar-refractivity contribution is 0.0639. The first-order valence-corrected chi connectivity index (χ1v) is 8.49. The number of halogens is 1. The fraction of sp³-hybridized carbons (Fsp3) is 0.412. The Kier molecular flexibility index (Phi) is 5.72. The van der Waals surface area contributed by atoms with Crippen molar-refractivity contribution in [2.45, 2.75) is 31.8 Å². The summed E-state index contributed by atoms with van der Waals surface area (Å²) in [6.45, 7) is 2.38. The van der Waals surface area contributed by atoms with E-state index in [1.54, 1.807) is 24.5 Å². The van der Waals surface area contributed by atoms with Gasteiger partial charge < -0.3 is 10.2 Å². The molecule has 1 aliphatic rings. The van der Waals surface area contributed by atoms with Crippen LogP contribution in [0.1, 0.15) is 35.3 Å². The van der Waals surface area contributed by atoms with Crippen LogP contribution in [0.25, 0.3) is 0 Å². The number of hydrogen-bond acceptors (Lipinski definition) is 5. The SMILES string of the molecule is O=C(c1ccc(Cl)cn1)N(Cc1cncnc1)[C@H]1CCCNCC1. The molecule has 0 unspecified atom stereocenters. The molecule has 1 amide bonds. The molecule has 0 aromatic carbocycles. The molecule has 1 saturated heterocycles. The molecule has 0 radical (unpaired) electrons. The van der Waals surface area contributed by atoms with Gasteiger partial charge in [-0.1, -0.05) is 11.6 Å².